The van der Waals surface area contributed by atoms with Gasteiger partial charge in [0.2, 0.25) is 0 Å². The zero-order valence-corrected chi connectivity index (χ0v) is 8.61. The van der Waals surface area contributed by atoms with Crippen molar-refractivity contribution in [2.75, 3.05) is 0 Å². The van der Waals surface area contributed by atoms with Gasteiger partial charge in [0.05, 0.1) is 14.1 Å². The van der Waals surface area contributed by atoms with Crippen LogP contribution in [0.1, 0.15) is 0 Å². The number of non-ortho nitro benzene ring substituents is 1. The topological polar surface area (TPSA) is 58.9 Å². The fourth-order valence-electron chi connectivity index (χ4n) is 1.19. The summed E-state index contributed by atoms with van der Waals surface area (Å²) in [5.74, 6) is 0. The van der Waals surface area contributed by atoms with E-state index in [2.05, 4.69) is 27.6 Å². The Hall–Kier alpha value is -1.11. The van der Waals surface area contributed by atoms with Crippen LogP contribution >= 0.6 is 22.6 Å². The first-order valence-electron chi connectivity index (χ1n) is 3.59. The number of nitrogens with zero attached hydrogens (tertiary/aromatic N) is 1. The van der Waals surface area contributed by atoms with E-state index in [-0.39, 0.29) is 5.69 Å². The zero-order valence-electron chi connectivity index (χ0n) is 6.45. The summed E-state index contributed by atoms with van der Waals surface area (Å²) in [6, 6.07) is 6.73. The SMILES string of the molecule is O=[N+]([O-])c1ccc2cc(I)[nH]c2c1. The molecule has 1 N–H and O–H groups in total. The fraction of sp³-hybridized carbons (Fsp3) is 0. The Morgan fingerprint density at radius 3 is 2.85 bits per heavy atom. The van der Waals surface area contributed by atoms with E-state index in [1.807, 2.05) is 6.07 Å². The Morgan fingerprint density at radius 2 is 2.15 bits per heavy atom. The molecule has 2 aromatic rings. The predicted molar refractivity (Wildman–Crippen MR) is 57.7 cm³/mol. The molecule has 0 saturated carbocycles. The molecule has 66 valence electrons. The highest BCUT2D eigenvalue weighted by Crippen LogP contribution is 2.21. The van der Waals surface area contributed by atoms with Gasteiger partial charge in [0.25, 0.3) is 5.69 Å². The van der Waals surface area contributed by atoms with E-state index in [1.54, 1.807) is 6.07 Å². The molecule has 2 rings (SSSR count). The van der Waals surface area contributed by atoms with Crippen LogP contribution in [0.2, 0.25) is 0 Å². The monoisotopic (exact) mass is 288 g/mol. The van der Waals surface area contributed by atoms with E-state index in [1.165, 1.54) is 12.1 Å². The molecule has 0 atom stereocenters. The number of nitrogens with one attached hydrogen (secondary N) is 1. The molecule has 0 spiro atoms. The van der Waals surface area contributed by atoms with Gasteiger partial charge in [-0.25, -0.2) is 0 Å². The second-order valence-electron chi connectivity index (χ2n) is 2.65. The van der Waals surface area contributed by atoms with Gasteiger partial charge in [0, 0.05) is 17.5 Å². The maximum Gasteiger partial charge on any atom is 0.271 e. The van der Waals surface area contributed by atoms with E-state index in [9.17, 15) is 10.1 Å². The van der Waals surface area contributed by atoms with Gasteiger partial charge in [-0.2, -0.15) is 0 Å². The van der Waals surface area contributed by atoms with Gasteiger partial charge in [0.1, 0.15) is 0 Å². The third-order valence-corrected chi connectivity index (χ3v) is 2.37. The number of fused-ring (bicyclic) bond motifs is 1. The van der Waals surface area contributed by atoms with E-state index >= 15 is 0 Å². The first kappa shape index (κ1) is 8.49. The Balaban J connectivity index is 2.67. The van der Waals surface area contributed by atoms with E-state index in [4.69, 9.17) is 0 Å². The minimum absolute atomic E-state index is 0.116. The van der Waals surface area contributed by atoms with Crippen molar-refractivity contribution in [3.63, 3.8) is 0 Å². The van der Waals surface area contributed by atoms with Crippen molar-refractivity contribution in [1.29, 1.82) is 0 Å². The van der Waals surface area contributed by atoms with Crippen molar-refractivity contribution < 1.29 is 4.92 Å². The molecule has 5 heteroatoms. The summed E-state index contributed by atoms with van der Waals surface area (Å²) in [5.41, 5.74) is 0.921. The standard InChI is InChI=1S/C8H5IN2O2/c9-8-3-5-1-2-6(11(12)13)4-7(5)10-8/h1-4,10H. The summed E-state index contributed by atoms with van der Waals surface area (Å²) in [6.07, 6.45) is 0. The molecule has 0 fully saturated rings. The van der Waals surface area contributed by atoms with E-state index in [0.29, 0.717) is 0 Å². The molecule has 0 bridgehead atoms. The van der Waals surface area contributed by atoms with Crippen molar-refractivity contribution in [3.05, 3.63) is 38.1 Å². The number of rotatable bonds is 1. The van der Waals surface area contributed by atoms with Crippen LogP contribution in [0, 0.1) is 13.8 Å². The number of aromatic amines is 1. The molecule has 0 saturated heterocycles. The van der Waals surface area contributed by atoms with E-state index < -0.39 is 4.92 Å². The molecule has 1 heterocycles. The third kappa shape index (κ3) is 1.51. The van der Waals surface area contributed by atoms with Crippen molar-refractivity contribution in [1.82, 2.24) is 4.98 Å². The van der Waals surface area contributed by atoms with Crippen LogP contribution in [0.5, 0.6) is 0 Å². The second kappa shape index (κ2) is 2.99. The van der Waals surface area contributed by atoms with Crippen molar-refractivity contribution in [2.24, 2.45) is 0 Å². The summed E-state index contributed by atoms with van der Waals surface area (Å²) >= 11 is 2.14. The van der Waals surface area contributed by atoms with Gasteiger partial charge in [-0.1, -0.05) is 0 Å². The predicted octanol–water partition coefficient (Wildman–Crippen LogP) is 2.68. The van der Waals surface area contributed by atoms with Gasteiger partial charge in [-0.3, -0.25) is 10.1 Å². The number of H-pyrrole nitrogens is 1. The van der Waals surface area contributed by atoms with Crippen LogP contribution in [-0.2, 0) is 0 Å². The Bertz CT molecular complexity index is 478. The molecule has 0 amide bonds. The molecule has 0 unspecified atom stereocenters. The molecule has 0 aliphatic rings. The average molecular weight is 288 g/mol. The van der Waals surface area contributed by atoms with Crippen molar-refractivity contribution >= 4 is 39.2 Å². The molecule has 13 heavy (non-hydrogen) atoms. The lowest BCUT2D eigenvalue weighted by Gasteiger charge is -1.90. The summed E-state index contributed by atoms with van der Waals surface area (Å²) < 4.78 is 0.980. The van der Waals surface area contributed by atoms with Crippen molar-refractivity contribution in [3.8, 4) is 0 Å². The quantitative estimate of drug-likeness (QED) is 0.498. The lowest BCUT2D eigenvalue weighted by molar-refractivity contribution is -0.384. The third-order valence-electron chi connectivity index (χ3n) is 1.78. The number of nitro groups is 1. The number of nitro benzene ring substituents is 1. The van der Waals surface area contributed by atoms with Gasteiger partial charge < -0.3 is 4.98 Å². The molecule has 0 aliphatic heterocycles. The highest BCUT2D eigenvalue weighted by atomic mass is 127. The number of hydrogen-bond donors (Lipinski definition) is 1. The number of hydrogen-bond acceptors (Lipinski definition) is 2. The van der Waals surface area contributed by atoms with Crippen LogP contribution in [0.15, 0.2) is 24.3 Å². The smallest absolute Gasteiger partial charge is 0.271 e. The minimum Gasteiger partial charge on any atom is -0.350 e. The minimum atomic E-state index is -0.396. The highest BCUT2D eigenvalue weighted by molar-refractivity contribution is 14.1. The van der Waals surface area contributed by atoms with Crippen LogP contribution in [0.25, 0.3) is 10.9 Å². The Kier molecular flexibility index (Phi) is 1.95. The van der Waals surface area contributed by atoms with Gasteiger partial charge in [-0.05, 0) is 34.7 Å². The molecule has 0 radical (unpaired) electrons. The normalized spacial score (nSPS) is 10.5. The summed E-state index contributed by atoms with van der Waals surface area (Å²) in [5, 5.41) is 11.4. The molecule has 0 aliphatic carbocycles. The first-order chi connectivity index (χ1) is 6.16. The number of aromatic nitrogens is 1. The lowest BCUT2D eigenvalue weighted by atomic mass is 10.2. The molecular formula is C8H5IN2O2. The maximum absolute atomic E-state index is 10.4. The van der Waals surface area contributed by atoms with Crippen molar-refractivity contribution in [2.45, 2.75) is 0 Å². The van der Waals surface area contributed by atoms with Crippen LogP contribution in [-0.4, -0.2) is 9.91 Å². The Labute approximate surface area is 87.2 Å². The zero-order chi connectivity index (χ0) is 9.42. The molecule has 1 aromatic carbocycles. The highest BCUT2D eigenvalue weighted by Gasteiger charge is 2.06. The number of halogens is 1. The van der Waals surface area contributed by atoms with Crippen LogP contribution in [0.3, 0.4) is 0 Å². The van der Waals surface area contributed by atoms with Crippen LogP contribution < -0.4 is 0 Å². The first-order valence-corrected chi connectivity index (χ1v) is 4.67. The molecule has 4 nitrogen and oxygen atoms in total. The van der Waals surface area contributed by atoms with Gasteiger partial charge in [0.15, 0.2) is 0 Å². The van der Waals surface area contributed by atoms with Crippen LogP contribution in [0.4, 0.5) is 5.69 Å². The second-order valence-corrected chi connectivity index (χ2v) is 3.81. The maximum atomic E-state index is 10.4. The average Bonchev–Trinajstić information content (AvgIpc) is 2.42. The summed E-state index contributed by atoms with van der Waals surface area (Å²) in [4.78, 5) is 13.1. The fourth-order valence-corrected chi connectivity index (χ4v) is 1.82. The lowest BCUT2D eigenvalue weighted by Crippen LogP contribution is -1.86. The van der Waals surface area contributed by atoms with E-state index in [0.717, 1.165) is 14.6 Å². The van der Waals surface area contributed by atoms with Gasteiger partial charge >= 0.3 is 0 Å². The number of benzene rings is 1. The molecular weight excluding hydrogens is 283 g/mol. The Morgan fingerprint density at radius 1 is 1.38 bits per heavy atom. The largest absolute Gasteiger partial charge is 0.350 e. The summed E-state index contributed by atoms with van der Waals surface area (Å²) in [6.45, 7) is 0. The molecule has 1 aromatic heterocycles. The summed E-state index contributed by atoms with van der Waals surface area (Å²) in [7, 11) is 0. The van der Waals surface area contributed by atoms with Gasteiger partial charge in [-0.15, -0.1) is 0 Å².